The highest BCUT2D eigenvalue weighted by Crippen LogP contribution is 2.18. The molecule has 0 bridgehead atoms. The van der Waals surface area contributed by atoms with E-state index in [1.54, 1.807) is 17.1 Å². The Morgan fingerprint density at radius 3 is 2.62 bits per heavy atom. The third kappa shape index (κ3) is 2.96. The van der Waals surface area contributed by atoms with Crippen molar-refractivity contribution in [2.75, 3.05) is 0 Å². The second-order valence-corrected chi connectivity index (χ2v) is 4.65. The molecule has 2 aromatic heterocycles. The van der Waals surface area contributed by atoms with E-state index in [-0.39, 0.29) is 6.04 Å². The van der Waals surface area contributed by atoms with Gasteiger partial charge in [-0.05, 0) is 24.3 Å². The van der Waals surface area contributed by atoms with Crippen LogP contribution in [-0.2, 0) is 6.42 Å². The molecule has 0 aliphatic rings. The number of para-hydroxylation sites is 1. The SMILES string of the molecule is NNC(Cc1ccccn1)c1cnnn1-c1ccccc1. The second kappa shape index (κ2) is 6.25. The molecule has 0 spiro atoms. The molecule has 0 saturated carbocycles. The highest BCUT2D eigenvalue weighted by Gasteiger charge is 2.17. The molecule has 0 amide bonds. The molecule has 106 valence electrons. The Balaban J connectivity index is 1.90. The Labute approximate surface area is 122 Å². The quantitative estimate of drug-likeness (QED) is 0.545. The lowest BCUT2D eigenvalue weighted by molar-refractivity contribution is 0.517. The Hall–Kier alpha value is -2.57. The van der Waals surface area contributed by atoms with Crippen LogP contribution in [0.25, 0.3) is 5.69 Å². The average molecular weight is 280 g/mol. The molecule has 1 atom stereocenters. The molecule has 3 aromatic rings. The third-order valence-electron chi connectivity index (χ3n) is 3.27. The lowest BCUT2D eigenvalue weighted by atomic mass is 10.1. The van der Waals surface area contributed by atoms with Crippen molar-refractivity contribution in [1.29, 1.82) is 0 Å². The molecular formula is C15H16N6. The zero-order valence-corrected chi connectivity index (χ0v) is 11.4. The van der Waals surface area contributed by atoms with Crippen LogP contribution < -0.4 is 11.3 Å². The molecule has 0 radical (unpaired) electrons. The molecule has 0 aliphatic heterocycles. The number of nitrogens with zero attached hydrogens (tertiary/aromatic N) is 4. The molecule has 3 N–H and O–H groups in total. The van der Waals surface area contributed by atoms with Gasteiger partial charge in [0.1, 0.15) is 0 Å². The summed E-state index contributed by atoms with van der Waals surface area (Å²) in [5.41, 5.74) is 5.63. The summed E-state index contributed by atoms with van der Waals surface area (Å²) in [6.07, 6.45) is 4.16. The summed E-state index contributed by atoms with van der Waals surface area (Å²) in [6.45, 7) is 0. The first-order chi connectivity index (χ1) is 10.4. The normalized spacial score (nSPS) is 12.2. The zero-order chi connectivity index (χ0) is 14.5. The van der Waals surface area contributed by atoms with Gasteiger partial charge in [0.15, 0.2) is 0 Å². The van der Waals surface area contributed by atoms with E-state index in [0.717, 1.165) is 17.1 Å². The zero-order valence-electron chi connectivity index (χ0n) is 11.4. The van der Waals surface area contributed by atoms with Gasteiger partial charge in [-0.3, -0.25) is 16.3 Å². The van der Waals surface area contributed by atoms with Crippen molar-refractivity contribution >= 4 is 0 Å². The molecule has 6 heteroatoms. The maximum atomic E-state index is 5.71. The Kier molecular flexibility index (Phi) is 3.99. The second-order valence-electron chi connectivity index (χ2n) is 4.65. The van der Waals surface area contributed by atoms with Crippen LogP contribution >= 0.6 is 0 Å². The summed E-state index contributed by atoms with van der Waals surface area (Å²) in [5, 5.41) is 8.15. The molecule has 0 fully saturated rings. The van der Waals surface area contributed by atoms with Crippen LogP contribution in [-0.4, -0.2) is 20.0 Å². The van der Waals surface area contributed by atoms with Crippen molar-refractivity contribution < 1.29 is 0 Å². The van der Waals surface area contributed by atoms with Crippen molar-refractivity contribution in [2.45, 2.75) is 12.5 Å². The van der Waals surface area contributed by atoms with Gasteiger partial charge in [-0.1, -0.05) is 29.5 Å². The van der Waals surface area contributed by atoms with Crippen LogP contribution in [0.2, 0.25) is 0 Å². The van der Waals surface area contributed by atoms with Crippen molar-refractivity contribution in [3.8, 4) is 5.69 Å². The topological polar surface area (TPSA) is 81.7 Å². The van der Waals surface area contributed by atoms with Gasteiger partial charge >= 0.3 is 0 Å². The summed E-state index contributed by atoms with van der Waals surface area (Å²) in [7, 11) is 0. The smallest absolute Gasteiger partial charge is 0.0832 e. The van der Waals surface area contributed by atoms with Gasteiger partial charge in [-0.2, -0.15) is 0 Å². The van der Waals surface area contributed by atoms with E-state index in [2.05, 4.69) is 20.7 Å². The van der Waals surface area contributed by atoms with Crippen molar-refractivity contribution in [3.05, 3.63) is 72.3 Å². The predicted octanol–water partition coefficient (Wildman–Crippen LogP) is 1.41. The maximum absolute atomic E-state index is 5.71. The monoisotopic (exact) mass is 280 g/mol. The van der Waals surface area contributed by atoms with Gasteiger partial charge in [0.2, 0.25) is 0 Å². The van der Waals surface area contributed by atoms with Crippen LogP contribution in [0, 0.1) is 0 Å². The van der Waals surface area contributed by atoms with E-state index in [9.17, 15) is 0 Å². The van der Waals surface area contributed by atoms with Gasteiger partial charge in [0.25, 0.3) is 0 Å². The van der Waals surface area contributed by atoms with Gasteiger partial charge in [-0.25, -0.2) is 4.68 Å². The molecule has 1 aromatic carbocycles. The van der Waals surface area contributed by atoms with Crippen LogP contribution in [0.1, 0.15) is 17.4 Å². The summed E-state index contributed by atoms with van der Waals surface area (Å²) in [5.74, 6) is 5.71. The number of rotatable bonds is 5. The lowest BCUT2D eigenvalue weighted by Gasteiger charge is -2.16. The van der Waals surface area contributed by atoms with E-state index >= 15 is 0 Å². The number of aromatic nitrogens is 4. The maximum Gasteiger partial charge on any atom is 0.0832 e. The van der Waals surface area contributed by atoms with Gasteiger partial charge < -0.3 is 0 Å². The number of nitrogens with two attached hydrogens (primary N) is 1. The molecule has 0 aliphatic carbocycles. The minimum absolute atomic E-state index is 0.116. The third-order valence-corrected chi connectivity index (χ3v) is 3.27. The first-order valence-corrected chi connectivity index (χ1v) is 6.70. The minimum Gasteiger partial charge on any atom is -0.271 e. The van der Waals surface area contributed by atoms with Crippen LogP contribution in [0.3, 0.4) is 0 Å². The number of nitrogens with one attached hydrogen (secondary N) is 1. The van der Waals surface area contributed by atoms with Crippen LogP contribution in [0.5, 0.6) is 0 Å². The van der Waals surface area contributed by atoms with E-state index in [0.29, 0.717) is 6.42 Å². The van der Waals surface area contributed by atoms with Crippen LogP contribution in [0.15, 0.2) is 60.9 Å². The summed E-state index contributed by atoms with van der Waals surface area (Å²) >= 11 is 0. The number of hydrogen-bond acceptors (Lipinski definition) is 5. The Morgan fingerprint density at radius 1 is 1.10 bits per heavy atom. The number of pyridine rings is 1. The molecule has 1 unspecified atom stereocenters. The molecule has 21 heavy (non-hydrogen) atoms. The summed E-state index contributed by atoms with van der Waals surface area (Å²) in [4.78, 5) is 4.33. The molecule has 3 rings (SSSR count). The number of hydrogen-bond donors (Lipinski definition) is 2. The summed E-state index contributed by atoms with van der Waals surface area (Å²) < 4.78 is 1.79. The highest BCUT2D eigenvalue weighted by molar-refractivity contribution is 5.32. The fraction of sp³-hybridized carbons (Fsp3) is 0.133. The van der Waals surface area contributed by atoms with Gasteiger partial charge in [0.05, 0.1) is 23.6 Å². The molecule has 2 heterocycles. The fourth-order valence-electron chi connectivity index (χ4n) is 2.23. The van der Waals surface area contributed by atoms with Gasteiger partial charge in [-0.15, -0.1) is 5.10 Å². The van der Waals surface area contributed by atoms with Crippen LogP contribution in [0.4, 0.5) is 0 Å². The van der Waals surface area contributed by atoms with E-state index in [1.165, 1.54) is 0 Å². The first kappa shape index (κ1) is 13.4. The fourth-order valence-corrected chi connectivity index (χ4v) is 2.23. The van der Waals surface area contributed by atoms with E-state index < -0.39 is 0 Å². The van der Waals surface area contributed by atoms with E-state index in [1.807, 2.05) is 48.5 Å². The Morgan fingerprint density at radius 2 is 1.90 bits per heavy atom. The van der Waals surface area contributed by atoms with Crippen molar-refractivity contribution in [1.82, 2.24) is 25.4 Å². The largest absolute Gasteiger partial charge is 0.271 e. The van der Waals surface area contributed by atoms with Crippen molar-refractivity contribution in [3.63, 3.8) is 0 Å². The Bertz CT molecular complexity index is 680. The lowest BCUT2D eigenvalue weighted by Crippen LogP contribution is -2.31. The van der Waals surface area contributed by atoms with Gasteiger partial charge in [0, 0.05) is 18.3 Å². The molecule has 6 nitrogen and oxygen atoms in total. The number of hydrazine groups is 1. The average Bonchev–Trinajstić information content (AvgIpc) is 3.04. The standard InChI is InChI=1S/C15H16N6/c16-19-14(10-12-6-4-5-9-17-12)15-11-18-20-21(15)13-7-2-1-3-8-13/h1-9,11,14,19H,10,16H2. The minimum atomic E-state index is -0.116. The molecular weight excluding hydrogens is 264 g/mol. The highest BCUT2D eigenvalue weighted by atomic mass is 15.4. The first-order valence-electron chi connectivity index (χ1n) is 6.70. The summed E-state index contributed by atoms with van der Waals surface area (Å²) in [6, 6.07) is 15.6. The van der Waals surface area contributed by atoms with Crippen molar-refractivity contribution in [2.24, 2.45) is 5.84 Å². The molecule has 0 saturated heterocycles. The predicted molar refractivity (Wildman–Crippen MR) is 79.4 cm³/mol. The number of benzene rings is 1. The van der Waals surface area contributed by atoms with E-state index in [4.69, 9.17) is 5.84 Å².